The molecule has 0 amide bonds. The molecule has 3 nitrogen and oxygen atoms in total. The molecule has 16 heteroatoms. The van der Waals surface area contributed by atoms with Crippen LogP contribution in [0.15, 0.2) is 0 Å². The first-order valence-electron chi connectivity index (χ1n) is 3.78. The minimum Gasteiger partial charge on any atom is -0.750 e. The van der Waals surface area contributed by atoms with Gasteiger partial charge < -0.3 is 4.55 Å². The molecule has 0 aromatic heterocycles. The van der Waals surface area contributed by atoms with E-state index in [4.69, 9.17) is 0 Å². The summed E-state index contributed by atoms with van der Waals surface area (Å²) in [6.45, 7) is 0. The third-order valence-corrected chi connectivity index (χ3v) is 2.03. The SMILES string of the molecule is O=S([O-])OC(F)(F)C(F)(F)C(F)(F)C(F)(F)C(F)(F)F.[K+]. The fraction of sp³-hybridized carbons (Fsp3) is 1.00. The second-order valence-electron chi connectivity index (χ2n) is 3.03. The zero-order valence-corrected chi connectivity index (χ0v) is 13.2. The van der Waals surface area contributed by atoms with Crippen LogP contribution in [0.1, 0.15) is 0 Å². The molecular formula is C5F11KO3S. The van der Waals surface area contributed by atoms with Crippen molar-refractivity contribution in [3.05, 3.63) is 0 Å². The van der Waals surface area contributed by atoms with Crippen LogP contribution in [0.25, 0.3) is 0 Å². The fourth-order valence-corrected chi connectivity index (χ4v) is 0.971. The number of hydrogen-bond acceptors (Lipinski definition) is 3. The van der Waals surface area contributed by atoms with Gasteiger partial charge in [0.2, 0.25) is 0 Å². The van der Waals surface area contributed by atoms with Gasteiger partial charge in [-0.3, -0.25) is 0 Å². The predicted octanol–water partition coefficient (Wildman–Crippen LogP) is -0.138. The van der Waals surface area contributed by atoms with Crippen LogP contribution in [0.5, 0.6) is 0 Å². The summed E-state index contributed by atoms with van der Waals surface area (Å²) >= 11 is -4.60. The molecule has 1 unspecified atom stereocenters. The smallest absolute Gasteiger partial charge is 0.750 e. The summed E-state index contributed by atoms with van der Waals surface area (Å²) < 4.78 is 155. The molecule has 0 radical (unpaired) electrons. The number of hydrogen-bond donors (Lipinski definition) is 0. The molecule has 0 fully saturated rings. The molecule has 0 aliphatic heterocycles. The molecule has 0 heterocycles. The van der Waals surface area contributed by atoms with Crippen molar-refractivity contribution >= 4 is 11.4 Å². The zero-order valence-electron chi connectivity index (χ0n) is 9.29. The summed E-state index contributed by atoms with van der Waals surface area (Å²) in [7, 11) is 0. The summed E-state index contributed by atoms with van der Waals surface area (Å²) in [5.74, 6) is -22.8. The monoisotopic (exact) mass is 388 g/mol. The molecule has 0 N–H and O–H groups in total. The van der Waals surface area contributed by atoms with E-state index in [0.29, 0.717) is 0 Å². The van der Waals surface area contributed by atoms with Crippen molar-refractivity contribution in [3.8, 4) is 0 Å². The van der Waals surface area contributed by atoms with Gasteiger partial charge in [0.1, 0.15) is 0 Å². The van der Waals surface area contributed by atoms with Crippen LogP contribution in [0.2, 0.25) is 0 Å². The number of rotatable bonds is 5. The molecular weight excluding hydrogens is 388 g/mol. The normalized spacial score (nSPS) is 16.4. The molecule has 0 aromatic rings. The number of alkyl halides is 11. The summed E-state index contributed by atoms with van der Waals surface area (Å²) in [5, 5.41) is 0. The largest absolute Gasteiger partial charge is 1.00 e. The molecule has 1 atom stereocenters. The van der Waals surface area contributed by atoms with Crippen molar-refractivity contribution in [2.45, 2.75) is 30.1 Å². The van der Waals surface area contributed by atoms with E-state index in [-0.39, 0.29) is 51.4 Å². The van der Waals surface area contributed by atoms with Crippen molar-refractivity contribution in [2.24, 2.45) is 0 Å². The predicted molar refractivity (Wildman–Crippen MR) is 35.8 cm³/mol. The van der Waals surface area contributed by atoms with E-state index in [1.807, 2.05) is 4.18 Å². The zero-order chi connectivity index (χ0) is 16.8. The van der Waals surface area contributed by atoms with Gasteiger partial charge in [0.15, 0.2) is 0 Å². The molecule has 0 spiro atoms. The Bertz CT molecular complexity index is 394. The minimum atomic E-state index is -7.69. The molecule has 0 bridgehead atoms. The van der Waals surface area contributed by atoms with Gasteiger partial charge in [-0.1, -0.05) is 0 Å². The van der Waals surface area contributed by atoms with Crippen molar-refractivity contribution < 1.29 is 113 Å². The Morgan fingerprint density at radius 3 is 1.29 bits per heavy atom. The van der Waals surface area contributed by atoms with Gasteiger partial charge in [-0.2, -0.15) is 48.3 Å². The standard InChI is InChI=1S/C5HF11O3S.K/c6-1(7,2(8,9)4(12,13)14)3(10,11)5(15,16)19-20(17)18;/h(H,17,18);/q;+1/p-1. The third kappa shape index (κ3) is 4.27. The first-order valence-corrected chi connectivity index (χ1v) is 4.78. The second-order valence-corrected chi connectivity index (χ2v) is 3.60. The Morgan fingerprint density at radius 1 is 0.714 bits per heavy atom. The maximum atomic E-state index is 12.5. The van der Waals surface area contributed by atoms with Crippen LogP contribution in [0.3, 0.4) is 0 Å². The first kappa shape index (κ1) is 24.2. The van der Waals surface area contributed by atoms with Crippen LogP contribution < -0.4 is 51.4 Å². The van der Waals surface area contributed by atoms with Crippen molar-refractivity contribution in [1.29, 1.82) is 0 Å². The molecule has 0 aliphatic rings. The van der Waals surface area contributed by atoms with Gasteiger partial charge in [-0.25, -0.2) is 8.39 Å². The van der Waals surface area contributed by atoms with Crippen LogP contribution >= 0.6 is 0 Å². The molecule has 0 aliphatic carbocycles. The molecule has 0 saturated heterocycles. The maximum Gasteiger partial charge on any atom is 1.00 e. The summed E-state index contributed by atoms with van der Waals surface area (Å²) in [6.07, 6.45) is -14.2. The van der Waals surface area contributed by atoms with E-state index >= 15 is 0 Å². The van der Waals surface area contributed by atoms with E-state index in [2.05, 4.69) is 0 Å². The Morgan fingerprint density at radius 2 is 1.05 bits per heavy atom. The Hall–Kier alpha value is 0.936. The third-order valence-electron chi connectivity index (χ3n) is 1.68. The van der Waals surface area contributed by atoms with Crippen LogP contribution in [-0.2, 0) is 15.5 Å². The van der Waals surface area contributed by atoms with E-state index in [1.54, 1.807) is 0 Å². The van der Waals surface area contributed by atoms with E-state index < -0.39 is 41.4 Å². The van der Waals surface area contributed by atoms with E-state index in [1.165, 1.54) is 0 Å². The van der Waals surface area contributed by atoms with E-state index in [0.717, 1.165) is 0 Å². The Balaban J connectivity index is 0. The second kappa shape index (κ2) is 6.82. The fourth-order valence-electron chi connectivity index (χ4n) is 0.696. The molecule has 21 heavy (non-hydrogen) atoms. The van der Waals surface area contributed by atoms with Crippen molar-refractivity contribution in [2.75, 3.05) is 0 Å². The van der Waals surface area contributed by atoms with Gasteiger partial charge in [0, 0.05) is 0 Å². The van der Waals surface area contributed by atoms with Gasteiger partial charge in [-0.05, 0) is 0 Å². The van der Waals surface area contributed by atoms with Gasteiger partial charge in [0.25, 0.3) is 0 Å². The van der Waals surface area contributed by atoms with E-state index in [9.17, 15) is 57.1 Å². The van der Waals surface area contributed by atoms with Crippen LogP contribution in [0, 0.1) is 0 Å². The summed E-state index contributed by atoms with van der Waals surface area (Å²) in [5.41, 5.74) is 0. The van der Waals surface area contributed by atoms with Crippen molar-refractivity contribution in [1.82, 2.24) is 0 Å². The topological polar surface area (TPSA) is 49.4 Å². The molecule has 0 rings (SSSR count). The van der Waals surface area contributed by atoms with Crippen LogP contribution in [0.4, 0.5) is 48.3 Å². The number of halogens is 11. The summed E-state index contributed by atoms with van der Waals surface area (Å²) in [4.78, 5) is 0. The molecule has 0 saturated carbocycles. The molecule has 0 aromatic carbocycles. The Labute approximate surface area is 153 Å². The van der Waals surface area contributed by atoms with Gasteiger partial charge in [-0.15, -0.1) is 0 Å². The summed E-state index contributed by atoms with van der Waals surface area (Å²) in [6, 6.07) is 0. The van der Waals surface area contributed by atoms with Crippen LogP contribution in [-0.4, -0.2) is 38.8 Å². The quantitative estimate of drug-likeness (QED) is 0.375. The van der Waals surface area contributed by atoms with Gasteiger partial charge >= 0.3 is 81.4 Å². The van der Waals surface area contributed by atoms with Gasteiger partial charge in [0.05, 0.1) is 11.4 Å². The Kier molecular flexibility index (Phi) is 7.85. The average Bonchev–Trinajstić information content (AvgIpc) is 2.12. The van der Waals surface area contributed by atoms with Crippen molar-refractivity contribution in [3.63, 3.8) is 0 Å². The maximum absolute atomic E-state index is 12.5. The first-order chi connectivity index (χ1) is 8.42. The average molecular weight is 388 g/mol. The minimum absolute atomic E-state index is 0. The molecule has 122 valence electrons.